The molecule has 0 amide bonds. The second-order valence-electron chi connectivity index (χ2n) is 3.78. The minimum Gasteiger partial charge on any atom is -0.508 e. The Bertz CT molecular complexity index is 649. The summed E-state index contributed by atoms with van der Waals surface area (Å²) in [5.74, 6) is 1.28. The summed E-state index contributed by atoms with van der Waals surface area (Å²) in [6.45, 7) is 0.427. The lowest BCUT2D eigenvalue weighted by atomic mass is 10.3. The van der Waals surface area contributed by atoms with Gasteiger partial charge in [0.05, 0.1) is 16.9 Å². The van der Waals surface area contributed by atoms with E-state index >= 15 is 0 Å². The number of thiazole rings is 1. The summed E-state index contributed by atoms with van der Waals surface area (Å²) in [6, 6.07) is 6.77. The Kier molecular flexibility index (Phi) is 3.11. The molecule has 19 heavy (non-hydrogen) atoms. The summed E-state index contributed by atoms with van der Waals surface area (Å²) in [4.78, 5) is 9.11. The van der Waals surface area contributed by atoms with Crippen molar-refractivity contribution >= 4 is 17.0 Å². The highest BCUT2D eigenvalue weighted by Gasteiger charge is 2.09. The fourth-order valence-electron chi connectivity index (χ4n) is 1.51. The topological polar surface area (TPSA) is 84.1 Å². The Balaban J connectivity index is 1.66. The van der Waals surface area contributed by atoms with Crippen LogP contribution in [0.5, 0.6) is 5.75 Å². The lowest BCUT2D eigenvalue weighted by Crippen LogP contribution is -1.99. The van der Waals surface area contributed by atoms with Gasteiger partial charge in [-0.05, 0) is 24.3 Å². The van der Waals surface area contributed by atoms with Gasteiger partial charge in [0.15, 0.2) is 0 Å². The van der Waals surface area contributed by atoms with Gasteiger partial charge in [-0.1, -0.05) is 5.16 Å². The van der Waals surface area contributed by atoms with Gasteiger partial charge < -0.3 is 14.9 Å². The first-order valence-corrected chi connectivity index (χ1v) is 6.43. The molecule has 0 aliphatic heterocycles. The second kappa shape index (κ2) is 5.07. The van der Waals surface area contributed by atoms with E-state index in [4.69, 9.17) is 4.52 Å². The number of rotatable bonds is 4. The van der Waals surface area contributed by atoms with Gasteiger partial charge >= 0.3 is 0 Å². The molecule has 0 unspecified atom stereocenters. The van der Waals surface area contributed by atoms with E-state index in [9.17, 15) is 5.11 Å². The lowest BCUT2D eigenvalue weighted by Gasteiger charge is -2.02. The van der Waals surface area contributed by atoms with Crippen LogP contribution in [-0.2, 0) is 6.54 Å². The molecule has 0 spiro atoms. The number of anilines is 1. The standard InChI is InChI=1S/C12H10N4O2S/c17-9-3-1-8(2-4-9)14-6-11-15-12(16-18-11)10-5-13-7-19-10/h1-5,7,14,17H,6H2. The van der Waals surface area contributed by atoms with Crippen molar-refractivity contribution in [2.75, 3.05) is 5.32 Å². The highest BCUT2D eigenvalue weighted by molar-refractivity contribution is 7.13. The molecule has 0 fully saturated rings. The summed E-state index contributed by atoms with van der Waals surface area (Å²) >= 11 is 1.46. The quantitative estimate of drug-likeness (QED) is 0.711. The molecule has 0 bridgehead atoms. The maximum absolute atomic E-state index is 9.18. The van der Waals surface area contributed by atoms with Crippen molar-refractivity contribution in [1.82, 2.24) is 15.1 Å². The van der Waals surface area contributed by atoms with Gasteiger partial charge in [0.25, 0.3) is 0 Å². The van der Waals surface area contributed by atoms with Crippen molar-refractivity contribution in [3.05, 3.63) is 41.9 Å². The molecule has 3 aromatic rings. The van der Waals surface area contributed by atoms with Gasteiger partial charge in [-0.2, -0.15) is 4.98 Å². The summed E-state index contributed by atoms with van der Waals surface area (Å²) in [7, 11) is 0. The SMILES string of the molecule is Oc1ccc(NCc2nc(-c3cncs3)no2)cc1. The largest absolute Gasteiger partial charge is 0.508 e. The number of phenolic OH excluding ortho intramolecular Hbond substituents is 1. The van der Waals surface area contributed by atoms with E-state index in [0.29, 0.717) is 18.3 Å². The summed E-state index contributed by atoms with van der Waals surface area (Å²) in [6.07, 6.45) is 1.70. The number of aromatic nitrogens is 3. The van der Waals surface area contributed by atoms with Gasteiger partial charge in [-0.15, -0.1) is 11.3 Å². The molecule has 2 aromatic heterocycles. The second-order valence-corrected chi connectivity index (χ2v) is 4.66. The number of hydrogen-bond donors (Lipinski definition) is 2. The maximum Gasteiger partial charge on any atom is 0.246 e. The van der Waals surface area contributed by atoms with Gasteiger partial charge in [0.2, 0.25) is 11.7 Å². The zero-order chi connectivity index (χ0) is 13.1. The van der Waals surface area contributed by atoms with Crippen LogP contribution in [0.4, 0.5) is 5.69 Å². The third-order valence-corrected chi connectivity index (χ3v) is 3.20. The van der Waals surface area contributed by atoms with Gasteiger partial charge in [0.1, 0.15) is 5.75 Å². The fraction of sp³-hybridized carbons (Fsp3) is 0.0833. The van der Waals surface area contributed by atoms with Crippen LogP contribution in [0.15, 0.2) is 40.5 Å². The van der Waals surface area contributed by atoms with E-state index in [0.717, 1.165) is 10.6 Å². The van der Waals surface area contributed by atoms with E-state index in [1.54, 1.807) is 36.0 Å². The number of hydrogen-bond acceptors (Lipinski definition) is 7. The highest BCUT2D eigenvalue weighted by Crippen LogP contribution is 2.20. The van der Waals surface area contributed by atoms with Crippen LogP contribution < -0.4 is 5.32 Å². The van der Waals surface area contributed by atoms with Crippen LogP contribution in [-0.4, -0.2) is 20.2 Å². The molecule has 3 rings (SSSR count). The van der Waals surface area contributed by atoms with E-state index in [-0.39, 0.29) is 5.75 Å². The summed E-state index contributed by atoms with van der Waals surface area (Å²) < 4.78 is 5.14. The predicted octanol–water partition coefficient (Wildman–Crippen LogP) is 2.51. The van der Waals surface area contributed by atoms with Crippen molar-refractivity contribution in [1.29, 1.82) is 0 Å². The van der Waals surface area contributed by atoms with Crippen molar-refractivity contribution in [3.63, 3.8) is 0 Å². The van der Waals surface area contributed by atoms with Crippen LogP contribution in [0.3, 0.4) is 0 Å². The first kappa shape index (κ1) is 11.7. The average molecular weight is 274 g/mol. The monoisotopic (exact) mass is 274 g/mol. The predicted molar refractivity (Wildman–Crippen MR) is 70.8 cm³/mol. The Hall–Kier alpha value is -2.41. The molecule has 0 aliphatic rings. The van der Waals surface area contributed by atoms with Crippen LogP contribution >= 0.6 is 11.3 Å². The minimum absolute atomic E-state index is 0.232. The van der Waals surface area contributed by atoms with Crippen molar-refractivity contribution in [3.8, 4) is 16.5 Å². The molecule has 0 radical (unpaired) electrons. The molecule has 7 heteroatoms. The lowest BCUT2D eigenvalue weighted by molar-refractivity contribution is 0.384. The molecule has 1 aromatic carbocycles. The van der Waals surface area contributed by atoms with E-state index in [2.05, 4.69) is 20.4 Å². The van der Waals surface area contributed by atoms with Crippen molar-refractivity contribution in [2.45, 2.75) is 6.54 Å². The zero-order valence-electron chi connectivity index (χ0n) is 9.78. The Labute approximate surface area is 112 Å². The van der Waals surface area contributed by atoms with Crippen LogP contribution in [0, 0.1) is 0 Å². The minimum atomic E-state index is 0.232. The number of nitrogens with one attached hydrogen (secondary N) is 1. The zero-order valence-corrected chi connectivity index (χ0v) is 10.6. The normalized spacial score (nSPS) is 10.5. The Morgan fingerprint density at radius 1 is 1.26 bits per heavy atom. The highest BCUT2D eigenvalue weighted by atomic mass is 32.1. The van der Waals surface area contributed by atoms with Crippen LogP contribution in [0.1, 0.15) is 5.89 Å². The molecule has 0 atom stereocenters. The Morgan fingerprint density at radius 2 is 2.11 bits per heavy atom. The molecule has 2 heterocycles. The molecule has 2 N–H and O–H groups in total. The van der Waals surface area contributed by atoms with Gasteiger partial charge in [-0.25, -0.2) is 0 Å². The smallest absolute Gasteiger partial charge is 0.246 e. The van der Waals surface area contributed by atoms with E-state index in [1.807, 2.05) is 0 Å². The molecular weight excluding hydrogens is 264 g/mol. The third kappa shape index (κ3) is 2.71. The summed E-state index contributed by atoms with van der Waals surface area (Å²) in [5.41, 5.74) is 2.59. The molecule has 96 valence electrons. The molecule has 0 saturated heterocycles. The van der Waals surface area contributed by atoms with Crippen molar-refractivity contribution < 1.29 is 9.63 Å². The first-order chi connectivity index (χ1) is 9.31. The number of nitrogens with zero attached hydrogens (tertiary/aromatic N) is 3. The third-order valence-electron chi connectivity index (χ3n) is 2.43. The number of aromatic hydroxyl groups is 1. The molecule has 0 saturated carbocycles. The number of phenols is 1. The van der Waals surface area contributed by atoms with E-state index < -0.39 is 0 Å². The molecule has 6 nitrogen and oxygen atoms in total. The van der Waals surface area contributed by atoms with E-state index in [1.165, 1.54) is 11.3 Å². The van der Waals surface area contributed by atoms with Gasteiger partial charge in [0, 0.05) is 11.9 Å². The molecular formula is C12H10N4O2S. The maximum atomic E-state index is 9.18. The number of benzene rings is 1. The van der Waals surface area contributed by atoms with Crippen molar-refractivity contribution in [2.24, 2.45) is 0 Å². The average Bonchev–Trinajstić information content (AvgIpc) is 3.09. The fourth-order valence-corrected chi connectivity index (χ4v) is 2.06. The van der Waals surface area contributed by atoms with Crippen LogP contribution in [0.25, 0.3) is 10.7 Å². The Morgan fingerprint density at radius 3 is 2.84 bits per heavy atom. The summed E-state index contributed by atoms with van der Waals surface area (Å²) in [5, 5.41) is 16.2. The van der Waals surface area contributed by atoms with Gasteiger partial charge in [-0.3, -0.25) is 4.98 Å². The first-order valence-electron chi connectivity index (χ1n) is 5.55. The molecule has 0 aliphatic carbocycles. The van der Waals surface area contributed by atoms with Crippen LogP contribution in [0.2, 0.25) is 0 Å².